The Labute approximate surface area is 166 Å². The van der Waals surface area contributed by atoms with Crippen molar-refractivity contribution in [2.24, 2.45) is 5.16 Å². The average molecular weight is 400 g/mol. The molecule has 7 heteroatoms. The van der Waals surface area contributed by atoms with Crippen LogP contribution in [0, 0.1) is 0 Å². The molecule has 0 saturated carbocycles. The smallest absolute Gasteiger partial charge is 0.242 e. The molecule has 2 heterocycles. The first-order valence-electron chi connectivity index (χ1n) is 9.23. The monoisotopic (exact) mass is 399 g/mol. The maximum absolute atomic E-state index is 12.3. The molecule has 28 heavy (non-hydrogen) atoms. The number of hydrogen-bond acceptors (Lipinski definition) is 5. The molecule has 0 fully saturated rings. The first-order valence-corrected chi connectivity index (χ1v) is 10.7. The van der Waals surface area contributed by atoms with E-state index in [2.05, 4.69) is 36.0 Å². The summed E-state index contributed by atoms with van der Waals surface area (Å²) in [7, 11) is 1.64. The summed E-state index contributed by atoms with van der Waals surface area (Å²) in [4.78, 5) is 8.54. The van der Waals surface area contributed by atoms with E-state index in [0.29, 0.717) is 6.42 Å². The third kappa shape index (κ3) is 2.42. The van der Waals surface area contributed by atoms with E-state index in [0.717, 1.165) is 17.0 Å². The zero-order chi connectivity index (χ0) is 20.3. The van der Waals surface area contributed by atoms with Crippen molar-refractivity contribution in [2.45, 2.75) is 36.3 Å². The lowest BCUT2D eigenvalue weighted by molar-refractivity contribution is -0.0591. The SMILES string of the molecule is CN1c2ccccc2C(C)(C)[C@@]12CC(c1ccc(S(=O)(=O)N(C)C)cc1)=NO2. The maximum Gasteiger partial charge on any atom is 0.242 e. The van der Waals surface area contributed by atoms with Crippen molar-refractivity contribution in [1.29, 1.82) is 0 Å². The lowest BCUT2D eigenvalue weighted by atomic mass is 9.75. The lowest BCUT2D eigenvalue weighted by Gasteiger charge is -2.40. The van der Waals surface area contributed by atoms with Crippen LogP contribution in [0.15, 0.2) is 58.6 Å². The molecule has 2 aromatic carbocycles. The minimum atomic E-state index is -3.45. The summed E-state index contributed by atoms with van der Waals surface area (Å²) in [5, 5.41) is 4.41. The van der Waals surface area contributed by atoms with E-state index in [1.165, 1.54) is 24.0 Å². The third-order valence-corrected chi connectivity index (χ3v) is 7.97. The van der Waals surface area contributed by atoms with E-state index in [9.17, 15) is 8.42 Å². The highest BCUT2D eigenvalue weighted by Crippen LogP contribution is 2.55. The van der Waals surface area contributed by atoms with Gasteiger partial charge in [-0.3, -0.25) is 0 Å². The molecule has 2 aliphatic rings. The van der Waals surface area contributed by atoms with Gasteiger partial charge in [0, 0.05) is 26.8 Å². The number of likely N-dealkylation sites (N-methyl/N-ethyl adjacent to an activating group) is 1. The molecule has 0 amide bonds. The van der Waals surface area contributed by atoms with E-state index in [1.54, 1.807) is 24.3 Å². The van der Waals surface area contributed by atoms with Crippen LogP contribution in [0.1, 0.15) is 31.4 Å². The Balaban J connectivity index is 1.65. The van der Waals surface area contributed by atoms with Crippen molar-refractivity contribution in [3.63, 3.8) is 0 Å². The van der Waals surface area contributed by atoms with Crippen molar-refractivity contribution >= 4 is 21.4 Å². The molecular formula is C21H25N3O3S. The van der Waals surface area contributed by atoms with E-state index in [4.69, 9.17) is 4.84 Å². The van der Waals surface area contributed by atoms with Crippen molar-refractivity contribution in [3.05, 3.63) is 59.7 Å². The summed E-state index contributed by atoms with van der Waals surface area (Å²) in [5.74, 6) is 0. The van der Waals surface area contributed by atoms with Crippen LogP contribution >= 0.6 is 0 Å². The van der Waals surface area contributed by atoms with Gasteiger partial charge in [-0.1, -0.05) is 35.5 Å². The molecule has 2 aromatic rings. The summed E-state index contributed by atoms with van der Waals surface area (Å²) < 4.78 is 25.8. The maximum atomic E-state index is 12.3. The largest absolute Gasteiger partial charge is 0.366 e. The normalized spacial score (nSPS) is 23.1. The summed E-state index contributed by atoms with van der Waals surface area (Å²) >= 11 is 0. The highest BCUT2D eigenvalue weighted by atomic mass is 32.2. The molecule has 1 atom stereocenters. The van der Waals surface area contributed by atoms with Crippen LogP contribution in [0.5, 0.6) is 0 Å². The van der Waals surface area contributed by atoms with Crippen LogP contribution < -0.4 is 4.90 Å². The number of anilines is 1. The van der Waals surface area contributed by atoms with Crippen LogP contribution in [-0.4, -0.2) is 45.3 Å². The van der Waals surface area contributed by atoms with Gasteiger partial charge in [0.25, 0.3) is 0 Å². The Hall–Kier alpha value is -2.38. The summed E-state index contributed by atoms with van der Waals surface area (Å²) in [6.45, 7) is 4.36. The molecule has 2 aliphatic heterocycles. The van der Waals surface area contributed by atoms with Crippen LogP contribution in [-0.2, 0) is 20.3 Å². The number of hydrogen-bond donors (Lipinski definition) is 0. The van der Waals surface area contributed by atoms with Gasteiger partial charge >= 0.3 is 0 Å². The Morgan fingerprint density at radius 1 is 1.07 bits per heavy atom. The van der Waals surface area contributed by atoms with Crippen LogP contribution in [0.2, 0.25) is 0 Å². The fourth-order valence-electron chi connectivity index (χ4n) is 4.24. The minimum absolute atomic E-state index is 0.252. The van der Waals surface area contributed by atoms with E-state index >= 15 is 0 Å². The molecule has 0 aliphatic carbocycles. The number of para-hydroxylation sites is 1. The van der Waals surface area contributed by atoms with Gasteiger partial charge in [0.1, 0.15) is 0 Å². The van der Waals surface area contributed by atoms with Gasteiger partial charge in [-0.05, 0) is 43.2 Å². The van der Waals surface area contributed by atoms with Gasteiger partial charge in [-0.15, -0.1) is 0 Å². The zero-order valence-corrected chi connectivity index (χ0v) is 17.6. The number of fused-ring (bicyclic) bond motifs is 1. The summed E-state index contributed by atoms with van der Waals surface area (Å²) in [6.07, 6.45) is 0.616. The van der Waals surface area contributed by atoms with Gasteiger partial charge in [-0.25, -0.2) is 12.7 Å². The van der Waals surface area contributed by atoms with Crippen molar-refractivity contribution in [3.8, 4) is 0 Å². The minimum Gasteiger partial charge on any atom is -0.366 e. The number of rotatable bonds is 3. The fraction of sp³-hybridized carbons (Fsp3) is 0.381. The van der Waals surface area contributed by atoms with Gasteiger partial charge in [-0.2, -0.15) is 0 Å². The standard InChI is InChI=1S/C21H25N3O3S/c1-20(2)17-8-6-7-9-19(17)24(5)21(20)14-18(22-27-21)15-10-12-16(13-11-15)28(25,26)23(3)4/h6-13H,14H2,1-5H3/t21-/m0/s1. The molecule has 0 unspecified atom stereocenters. The quantitative estimate of drug-likeness (QED) is 0.795. The first kappa shape index (κ1) is 19.0. The first-order chi connectivity index (χ1) is 13.1. The van der Waals surface area contributed by atoms with E-state index in [-0.39, 0.29) is 10.3 Å². The molecule has 1 spiro atoms. The number of nitrogens with zero attached hydrogens (tertiary/aromatic N) is 3. The molecule has 4 rings (SSSR count). The van der Waals surface area contributed by atoms with Crippen LogP contribution in [0.3, 0.4) is 0 Å². The average Bonchev–Trinajstić information content (AvgIpc) is 3.20. The van der Waals surface area contributed by atoms with Gasteiger partial charge in [0.2, 0.25) is 15.7 Å². The fourth-order valence-corrected chi connectivity index (χ4v) is 5.14. The summed E-state index contributed by atoms with van der Waals surface area (Å²) in [6, 6.07) is 15.2. The van der Waals surface area contributed by atoms with E-state index in [1.807, 2.05) is 19.2 Å². The molecule has 0 radical (unpaired) electrons. The van der Waals surface area contributed by atoms with Gasteiger partial charge in [0.05, 0.1) is 22.4 Å². The number of oxime groups is 1. The van der Waals surface area contributed by atoms with Gasteiger partial charge in [0.15, 0.2) is 0 Å². The van der Waals surface area contributed by atoms with Crippen molar-refractivity contribution in [2.75, 3.05) is 26.0 Å². The van der Waals surface area contributed by atoms with Crippen LogP contribution in [0.4, 0.5) is 5.69 Å². The predicted molar refractivity (Wildman–Crippen MR) is 110 cm³/mol. The van der Waals surface area contributed by atoms with Crippen molar-refractivity contribution < 1.29 is 13.3 Å². The number of sulfonamides is 1. The molecule has 6 nitrogen and oxygen atoms in total. The Kier molecular flexibility index (Phi) is 4.10. The van der Waals surface area contributed by atoms with Gasteiger partial charge < -0.3 is 9.74 Å². The lowest BCUT2D eigenvalue weighted by Crippen LogP contribution is -2.54. The summed E-state index contributed by atoms with van der Waals surface area (Å²) in [5.41, 5.74) is 3.23. The van der Waals surface area contributed by atoms with Crippen molar-refractivity contribution in [1.82, 2.24) is 4.31 Å². The highest BCUT2D eigenvalue weighted by molar-refractivity contribution is 7.89. The Morgan fingerprint density at radius 2 is 1.71 bits per heavy atom. The third-order valence-electron chi connectivity index (χ3n) is 6.14. The predicted octanol–water partition coefficient (Wildman–Crippen LogP) is 3.19. The second-order valence-electron chi connectivity index (χ2n) is 8.10. The number of benzene rings is 2. The Bertz CT molecular complexity index is 1060. The molecule has 0 N–H and O–H groups in total. The highest BCUT2D eigenvalue weighted by Gasteiger charge is 2.61. The molecular weight excluding hydrogens is 374 g/mol. The molecule has 148 valence electrons. The van der Waals surface area contributed by atoms with E-state index < -0.39 is 15.7 Å². The van der Waals surface area contributed by atoms with Crippen LogP contribution in [0.25, 0.3) is 0 Å². The second-order valence-corrected chi connectivity index (χ2v) is 10.3. The molecule has 0 bridgehead atoms. The molecule has 0 aromatic heterocycles. The molecule has 0 saturated heterocycles. The topological polar surface area (TPSA) is 62.2 Å². The Morgan fingerprint density at radius 3 is 2.32 bits per heavy atom. The second kappa shape index (κ2) is 6.06. The zero-order valence-electron chi connectivity index (χ0n) is 16.8.